The molecule has 2 amide bonds. The van der Waals surface area contributed by atoms with Crippen LogP contribution in [0, 0.1) is 11.8 Å². The number of carbonyl (C=O) groups excluding carboxylic acids is 2. The number of carbonyl (C=O) groups is 2. The van der Waals surface area contributed by atoms with Crippen molar-refractivity contribution in [2.45, 2.75) is 25.7 Å². The molecule has 2 unspecified atom stereocenters. The minimum Gasteiger partial charge on any atom is -0.461 e. The van der Waals surface area contributed by atoms with E-state index in [1.807, 2.05) is 0 Å². The molecule has 0 aromatic carbocycles. The van der Waals surface area contributed by atoms with Gasteiger partial charge in [0.25, 0.3) is 5.56 Å². The Labute approximate surface area is 146 Å². The molecule has 1 aliphatic carbocycles. The van der Waals surface area contributed by atoms with Gasteiger partial charge in [0, 0.05) is 6.07 Å². The molecule has 2 aliphatic rings. The zero-order chi connectivity index (χ0) is 17.8. The van der Waals surface area contributed by atoms with Gasteiger partial charge in [0.15, 0.2) is 11.6 Å². The van der Waals surface area contributed by atoms with Gasteiger partial charge in [-0.05, 0) is 25.0 Å². The van der Waals surface area contributed by atoms with Gasteiger partial charge in [-0.3, -0.25) is 19.4 Å². The van der Waals surface area contributed by atoms with Crippen LogP contribution >= 0.6 is 0 Å². The Morgan fingerprint density at radius 1 is 1.12 bits per heavy atom. The quantitative estimate of drug-likeness (QED) is 0.696. The molecule has 2 atom stereocenters. The molecule has 0 spiro atoms. The van der Waals surface area contributed by atoms with Crippen molar-refractivity contribution in [2.24, 2.45) is 11.8 Å². The predicted octanol–water partition coefficient (Wildman–Crippen LogP) is 1.36. The van der Waals surface area contributed by atoms with E-state index in [0.29, 0.717) is 18.6 Å². The van der Waals surface area contributed by atoms with Gasteiger partial charge in [-0.25, -0.2) is 4.90 Å². The highest BCUT2D eigenvalue weighted by atomic mass is 16.3. The lowest BCUT2D eigenvalue weighted by molar-refractivity contribution is -0.122. The maximum atomic E-state index is 12.9. The summed E-state index contributed by atoms with van der Waals surface area (Å²) in [4.78, 5) is 45.7. The summed E-state index contributed by atoms with van der Waals surface area (Å²) >= 11 is 0. The SMILES string of the molecule is O=C1C2CCCCC2C(=O)N1c1cc(=O)[nH]c2nc(-c3ccco3)nn12. The van der Waals surface area contributed by atoms with Gasteiger partial charge in [-0.1, -0.05) is 12.8 Å². The van der Waals surface area contributed by atoms with Crippen molar-refractivity contribution in [3.8, 4) is 11.6 Å². The first-order valence-electron chi connectivity index (χ1n) is 8.55. The van der Waals surface area contributed by atoms with Gasteiger partial charge >= 0.3 is 0 Å². The van der Waals surface area contributed by atoms with E-state index in [1.165, 1.54) is 16.8 Å². The maximum Gasteiger partial charge on any atom is 0.254 e. The zero-order valence-corrected chi connectivity index (χ0v) is 13.7. The number of amides is 2. The number of furan rings is 1. The number of nitrogens with zero attached hydrogens (tertiary/aromatic N) is 4. The van der Waals surface area contributed by atoms with Crippen LogP contribution in [0.1, 0.15) is 25.7 Å². The lowest BCUT2D eigenvalue weighted by Gasteiger charge is -2.19. The van der Waals surface area contributed by atoms with Crippen molar-refractivity contribution in [2.75, 3.05) is 4.90 Å². The Hall–Kier alpha value is -3.23. The van der Waals surface area contributed by atoms with Crippen LogP contribution < -0.4 is 10.5 Å². The highest BCUT2D eigenvalue weighted by Crippen LogP contribution is 2.39. The maximum absolute atomic E-state index is 12.9. The summed E-state index contributed by atoms with van der Waals surface area (Å²) in [5, 5.41) is 4.32. The third-order valence-corrected chi connectivity index (χ3v) is 5.13. The minimum atomic E-state index is -0.457. The van der Waals surface area contributed by atoms with Crippen LogP contribution in [0.15, 0.2) is 33.7 Å². The highest BCUT2D eigenvalue weighted by Gasteiger charge is 2.49. The Kier molecular flexibility index (Phi) is 3.12. The normalized spacial score (nSPS) is 23.0. The molecule has 1 N–H and O–H groups in total. The second-order valence-corrected chi connectivity index (χ2v) is 6.65. The van der Waals surface area contributed by atoms with Gasteiger partial charge in [-0.2, -0.15) is 9.50 Å². The lowest BCUT2D eigenvalue weighted by Crippen LogP contribution is -2.34. The molecule has 3 aromatic heterocycles. The average molecular weight is 353 g/mol. The first-order chi connectivity index (χ1) is 12.6. The molecule has 9 nitrogen and oxygen atoms in total. The third-order valence-electron chi connectivity index (χ3n) is 5.13. The topological polar surface area (TPSA) is 114 Å². The summed E-state index contributed by atoms with van der Waals surface area (Å²) in [7, 11) is 0. The number of hydrogen-bond acceptors (Lipinski definition) is 6. The molecular weight excluding hydrogens is 338 g/mol. The van der Waals surface area contributed by atoms with E-state index in [1.54, 1.807) is 12.1 Å². The zero-order valence-electron chi connectivity index (χ0n) is 13.7. The van der Waals surface area contributed by atoms with Crippen LogP contribution in [0.2, 0.25) is 0 Å². The number of aromatic nitrogens is 4. The molecule has 132 valence electrons. The molecule has 4 heterocycles. The predicted molar refractivity (Wildman–Crippen MR) is 89.3 cm³/mol. The van der Waals surface area contributed by atoms with Gasteiger partial charge in [0.2, 0.25) is 23.4 Å². The number of rotatable bonds is 2. The van der Waals surface area contributed by atoms with Crippen LogP contribution in [0.3, 0.4) is 0 Å². The lowest BCUT2D eigenvalue weighted by atomic mass is 9.81. The third kappa shape index (κ3) is 2.06. The number of imide groups is 1. The molecule has 0 radical (unpaired) electrons. The smallest absolute Gasteiger partial charge is 0.254 e. The van der Waals surface area contributed by atoms with E-state index in [-0.39, 0.29) is 41.1 Å². The first-order valence-corrected chi connectivity index (χ1v) is 8.55. The number of H-pyrrole nitrogens is 1. The number of hydrogen-bond donors (Lipinski definition) is 1. The van der Waals surface area contributed by atoms with Crippen LogP contribution in [0.5, 0.6) is 0 Å². The molecule has 9 heteroatoms. The Balaban J connectivity index is 1.68. The summed E-state index contributed by atoms with van der Waals surface area (Å²) in [6.45, 7) is 0. The summed E-state index contributed by atoms with van der Waals surface area (Å²) in [6, 6.07) is 4.59. The second kappa shape index (κ2) is 5.38. The van der Waals surface area contributed by atoms with Crippen molar-refractivity contribution >= 4 is 23.4 Å². The van der Waals surface area contributed by atoms with E-state index in [0.717, 1.165) is 17.7 Å². The summed E-state index contributed by atoms with van der Waals surface area (Å²) in [5.41, 5.74) is -0.457. The average Bonchev–Trinajstić information content (AvgIpc) is 3.34. The largest absolute Gasteiger partial charge is 0.461 e. The Morgan fingerprint density at radius 2 is 1.85 bits per heavy atom. The minimum absolute atomic E-state index is 0.124. The first kappa shape index (κ1) is 15.1. The fourth-order valence-electron chi connectivity index (χ4n) is 3.93. The van der Waals surface area contributed by atoms with Crippen molar-refractivity contribution in [1.82, 2.24) is 19.6 Å². The summed E-state index contributed by atoms with van der Waals surface area (Å²) in [5.74, 6) is -0.184. The number of anilines is 1. The van der Waals surface area contributed by atoms with E-state index < -0.39 is 5.56 Å². The molecule has 3 aromatic rings. The van der Waals surface area contributed by atoms with Crippen molar-refractivity contribution < 1.29 is 14.0 Å². The van der Waals surface area contributed by atoms with Gasteiger partial charge < -0.3 is 4.42 Å². The van der Waals surface area contributed by atoms with Gasteiger partial charge in [0.05, 0.1) is 18.1 Å². The van der Waals surface area contributed by atoms with Gasteiger partial charge in [-0.15, -0.1) is 5.10 Å². The van der Waals surface area contributed by atoms with Crippen LogP contribution in [-0.2, 0) is 9.59 Å². The number of aromatic amines is 1. The summed E-state index contributed by atoms with van der Waals surface area (Å²) in [6.07, 6.45) is 4.76. The number of nitrogens with one attached hydrogen (secondary N) is 1. The molecule has 1 saturated carbocycles. The fraction of sp³-hybridized carbons (Fsp3) is 0.353. The fourth-order valence-corrected chi connectivity index (χ4v) is 3.93. The molecule has 5 rings (SSSR count). The standard InChI is InChI=1S/C17H15N5O4/c23-12-8-13(21-15(24)9-4-1-2-5-10(9)16(21)25)22-17(18-12)19-14(20-22)11-6-3-7-26-11/h3,6-10H,1-2,4-5H2,(H,18,19,20,23). The molecular formula is C17H15N5O4. The Morgan fingerprint density at radius 3 is 2.50 bits per heavy atom. The monoisotopic (exact) mass is 353 g/mol. The van der Waals surface area contributed by atoms with Crippen LogP contribution in [0.4, 0.5) is 5.82 Å². The van der Waals surface area contributed by atoms with E-state index >= 15 is 0 Å². The van der Waals surface area contributed by atoms with E-state index in [4.69, 9.17) is 4.42 Å². The van der Waals surface area contributed by atoms with Crippen molar-refractivity contribution in [1.29, 1.82) is 0 Å². The molecule has 2 fully saturated rings. The van der Waals surface area contributed by atoms with E-state index in [2.05, 4.69) is 15.1 Å². The molecule has 26 heavy (non-hydrogen) atoms. The Bertz CT molecular complexity index is 1060. The highest BCUT2D eigenvalue weighted by molar-refractivity contribution is 6.21. The van der Waals surface area contributed by atoms with Crippen LogP contribution in [-0.4, -0.2) is 31.4 Å². The molecule has 1 aliphatic heterocycles. The summed E-state index contributed by atoms with van der Waals surface area (Å²) < 4.78 is 6.60. The van der Waals surface area contributed by atoms with Crippen molar-refractivity contribution in [3.05, 3.63) is 34.8 Å². The van der Waals surface area contributed by atoms with Gasteiger partial charge in [0.1, 0.15) is 0 Å². The van der Waals surface area contributed by atoms with Crippen molar-refractivity contribution in [3.63, 3.8) is 0 Å². The second-order valence-electron chi connectivity index (χ2n) is 6.65. The molecule has 1 saturated heterocycles. The van der Waals surface area contributed by atoms with Crippen LogP contribution in [0.25, 0.3) is 17.4 Å². The number of fused-ring (bicyclic) bond motifs is 2. The molecule has 0 bridgehead atoms. The van der Waals surface area contributed by atoms with E-state index in [9.17, 15) is 14.4 Å².